The molecule has 24 heavy (non-hydrogen) atoms. The van der Waals surface area contributed by atoms with Crippen molar-refractivity contribution in [2.24, 2.45) is 0 Å². The fraction of sp³-hybridized carbons (Fsp3) is 0.611. The molecule has 0 saturated carbocycles. The Morgan fingerprint density at radius 1 is 1.29 bits per heavy atom. The number of benzene rings is 1. The molecular weight excluding hydrogens is 308 g/mol. The summed E-state index contributed by atoms with van der Waals surface area (Å²) in [6, 6.07) is 7.96. The predicted octanol–water partition coefficient (Wildman–Crippen LogP) is 1.44. The topological polar surface area (TPSA) is 60.0 Å². The predicted molar refractivity (Wildman–Crippen MR) is 90.5 cm³/mol. The molecule has 1 aromatic carbocycles. The summed E-state index contributed by atoms with van der Waals surface area (Å²) in [6.45, 7) is 3.52. The number of amides is 1. The first-order chi connectivity index (χ1) is 11.8. The average Bonchev–Trinajstić information content (AvgIpc) is 2.95. The van der Waals surface area contributed by atoms with Gasteiger partial charge in [-0.05, 0) is 31.5 Å². The summed E-state index contributed by atoms with van der Waals surface area (Å²) in [6.07, 6.45) is 2.41. The molecule has 2 aliphatic rings. The number of hydrogen-bond donors (Lipinski definition) is 1. The van der Waals surface area contributed by atoms with Crippen LogP contribution in [-0.4, -0.2) is 62.9 Å². The number of nitrogens with one attached hydrogen (secondary N) is 1. The standard InChI is InChI=1S/C18H26N2O4/c1-22-11-10-19-9-8-14-6-7-18(21)20(14)12-15-13-23-16-4-2-3-5-17(16)24-15/h2-5,14-15,19H,6-13H2,1H3. The van der Waals surface area contributed by atoms with E-state index in [0.717, 1.165) is 37.4 Å². The number of carbonyl (C=O) groups excluding carboxylic acids is 1. The highest BCUT2D eigenvalue weighted by molar-refractivity contribution is 5.78. The lowest BCUT2D eigenvalue weighted by Gasteiger charge is -2.32. The number of nitrogens with zero attached hydrogens (tertiary/aromatic N) is 1. The molecule has 1 N–H and O–H groups in total. The van der Waals surface area contributed by atoms with Gasteiger partial charge in [0.2, 0.25) is 5.91 Å². The molecule has 2 unspecified atom stereocenters. The molecule has 1 fully saturated rings. The van der Waals surface area contributed by atoms with Crippen molar-refractivity contribution in [3.8, 4) is 11.5 Å². The monoisotopic (exact) mass is 334 g/mol. The van der Waals surface area contributed by atoms with Gasteiger partial charge in [0.15, 0.2) is 17.6 Å². The molecule has 6 heteroatoms. The van der Waals surface area contributed by atoms with E-state index in [9.17, 15) is 4.79 Å². The number of rotatable bonds is 8. The number of likely N-dealkylation sites (tertiary alicyclic amines) is 1. The maximum Gasteiger partial charge on any atom is 0.223 e. The van der Waals surface area contributed by atoms with Crippen molar-refractivity contribution in [1.82, 2.24) is 10.2 Å². The summed E-state index contributed by atoms with van der Waals surface area (Å²) in [5.74, 6) is 1.76. The smallest absolute Gasteiger partial charge is 0.223 e. The van der Waals surface area contributed by atoms with Crippen molar-refractivity contribution < 1.29 is 19.0 Å². The van der Waals surface area contributed by atoms with E-state index in [2.05, 4.69) is 5.32 Å². The number of para-hydroxylation sites is 2. The lowest BCUT2D eigenvalue weighted by atomic mass is 10.1. The van der Waals surface area contributed by atoms with Crippen molar-refractivity contribution in [3.63, 3.8) is 0 Å². The minimum atomic E-state index is -0.106. The Labute approximate surface area is 143 Å². The summed E-state index contributed by atoms with van der Waals surface area (Å²) < 4.78 is 16.8. The molecule has 0 aromatic heterocycles. The molecule has 1 saturated heterocycles. The van der Waals surface area contributed by atoms with Crippen molar-refractivity contribution in [3.05, 3.63) is 24.3 Å². The molecule has 1 aromatic rings. The quantitative estimate of drug-likeness (QED) is 0.729. The zero-order valence-corrected chi connectivity index (χ0v) is 14.2. The van der Waals surface area contributed by atoms with Crippen LogP contribution in [0.25, 0.3) is 0 Å². The lowest BCUT2D eigenvalue weighted by Crippen LogP contribution is -2.45. The number of methoxy groups -OCH3 is 1. The van der Waals surface area contributed by atoms with Crippen molar-refractivity contribution in [1.29, 1.82) is 0 Å². The summed E-state index contributed by atoms with van der Waals surface area (Å²) in [4.78, 5) is 14.2. The van der Waals surface area contributed by atoms with Gasteiger partial charge >= 0.3 is 0 Å². The van der Waals surface area contributed by atoms with Gasteiger partial charge in [-0.1, -0.05) is 12.1 Å². The third-order valence-corrected chi connectivity index (χ3v) is 4.56. The van der Waals surface area contributed by atoms with E-state index in [4.69, 9.17) is 14.2 Å². The Morgan fingerprint density at radius 3 is 2.96 bits per heavy atom. The number of ether oxygens (including phenoxy) is 3. The van der Waals surface area contributed by atoms with Crippen LogP contribution in [0.5, 0.6) is 11.5 Å². The Morgan fingerprint density at radius 2 is 2.12 bits per heavy atom. The lowest BCUT2D eigenvalue weighted by molar-refractivity contribution is -0.130. The zero-order valence-electron chi connectivity index (χ0n) is 14.2. The van der Waals surface area contributed by atoms with Crippen LogP contribution >= 0.6 is 0 Å². The maximum absolute atomic E-state index is 12.2. The number of hydrogen-bond acceptors (Lipinski definition) is 5. The second-order valence-corrected chi connectivity index (χ2v) is 6.27. The van der Waals surface area contributed by atoms with E-state index in [1.165, 1.54) is 0 Å². The van der Waals surface area contributed by atoms with Crippen LogP contribution in [0, 0.1) is 0 Å². The SMILES string of the molecule is COCCNCCC1CCC(=O)N1CC1COc2ccccc2O1. The molecule has 2 atom stereocenters. The molecule has 2 heterocycles. The van der Waals surface area contributed by atoms with E-state index in [0.29, 0.717) is 26.2 Å². The van der Waals surface area contributed by atoms with E-state index in [1.54, 1.807) is 7.11 Å². The van der Waals surface area contributed by atoms with E-state index >= 15 is 0 Å². The van der Waals surface area contributed by atoms with E-state index in [-0.39, 0.29) is 18.1 Å². The maximum atomic E-state index is 12.2. The molecule has 0 spiro atoms. The average molecular weight is 334 g/mol. The minimum Gasteiger partial charge on any atom is -0.486 e. The highest BCUT2D eigenvalue weighted by Crippen LogP contribution is 2.32. The zero-order chi connectivity index (χ0) is 16.8. The van der Waals surface area contributed by atoms with Crippen molar-refractivity contribution in [2.45, 2.75) is 31.4 Å². The van der Waals surface area contributed by atoms with Crippen LogP contribution in [0.1, 0.15) is 19.3 Å². The number of carbonyl (C=O) groups is 1. The molecular formula is C18H26N2O4. The van der Waals surface area contributed by atoms with Gasteiger partial charge in [-0.25, -0.2) is 0 Å². The molecule has 132 valence electrons. The summed E-state index contributed by atoms with van der Waals surface area (Å²) in [5, 5.41) is 3.35. The molecule has 3 rings (SSSR count). The Balaban J connectivity index is 1.50. The van der Waals surface area contributed by atoms with Gasteiger partial charge in [-0.3, -0.25) is 4.79 Å². The van der Waals surface area contributed by atoms with Crippen LogP contribution in [0.3, 0.4) is 0 Å². The highest BCUT2D eigenvalue weighted by atomic mass is 16.6. The Kier molecular flexibility index (Phi) is 5.93. The summed E-state index contributed by atoms with van der Waals surface area (Å²) in [5.41, 5.74) is 0. The third kappa shape index (κ3) is 4.19. The van der Waals surface area contributed by atoms with Gasteiger partial charge in [-0.15, -0.1) is 0 Å². The van der Waals surface area contributed by atoms with Gasteiger partial charge in [-0.2, -0.15) is 0 Å². The van der Waals surface area contributed by atoms with Gasteiger partial charge in [0.1, 0.15) is 6.61 Å². The molecule has 1 amide bonds. The summed E-state index contributed by atoms with van der Waals surface area (Å²) >= 11 is 0. The van der Waals surface area contributed by atoms with Crippen molar-refractivity contribution >= 4 is 5.91 Å². The van der Waals surface area contributed by atoms with Crippen LogP contribution in [0.4, 0.5) is 0 Å². The molecule has 2 aliphatic heterocycles. The van der Waals surface area contributed by atoms with Crippen molar-refractivity contribution in [2.75, 3.05) is 40.0 Å². The molecule has 0 radical (unpaired) electrons. The first-order valence-electron chi connectivity index (χ1n) is 8.65. The molecule has 6 nitrogen and oxygen atoms in total. The highest BCUT2D eigenvalue weighted by Gasteiger charge is 2.34. The van der Waals surface area contributed by atoms with Gasteiger partial charge in [0, 0.05) is 26.1 Å². The van der Waals surface area contributed by atoms with Crippen LogP contribution < -0.4 is 14.8 Å². The van der Waals surface area contributed by atoms with Crippen LogP contribution in [0.2, 0.25) is 0 Å². The molecule has 0 aliphatic carbocycles. The Bertz CT molecular complexity index is 552. The first kappa shape index (κ1) is 17.0. The fourth-order valence-electron chi connectivity index (χ4n) is 3.28. The van der Waals surface area contributed by atoms with E-state index < -0.39 is 0 Å². The Hall–Kier alpha value is -1.79. The van der Waals surface area contributed by atoms with E-state index in [1.807, 2.05) is 29.2 Å². The normalized spacial score (nSPS) is 22.9. The fourth-order valence-corrected chi connectivity index (χ4v) is 3.28. The minimum absolute atomic E-state index is 0.106. The first-order valence-corrected chi connectivity index (χ1v) is 8.65. The van der Waals surface area contributed by atoms with Gasteiger partial charge in [0.05, 0.1) is 13.2 Å². The van der Waals surface area contributed by atoms with Gasteiger partial charge in [0.25, 0.3) is 0 Å². The number of fused-ring (bicyclic) bond motifs is 1. The second kappa shape index (κ2) is 8.35. The third-order valence-electron chi connectivity index (χ3n) is 4.56. The largest absolute Gasteiger partial charge is 0.486 e. The van der Waals surface area contributed by atoms with Crippen LogP contribution in [-0.2, 0) is 9.53 Å². The second-order valence-electron chi connectivity index (χ2n) is 6.27. The van der Waals surface area contributed by atoms with Gasteiger partial charge < -0.3 is 24.4 Å². The molecule has 0 bridgehead atoms. The summed E-state index contributed by atoms with van der Waals surface area (Å²) in [7, 11) is 1.70. The van der Waals surface area contributed by atoms with Crippen LogP contribution in [0.15, 0.2) is 24.3 Å².